The minimum Gasteiger partial charge on any atom is -0.458 e. The van der Waals surface area contributed by atoms with E-state index in [0.29, 0.717) is 6.54 Å². The maximum absolute atomic E-state index is 12.7. The van der Waals surface area contributed by atoms with Crippen LogP contribution in [0.4, 0.5) is 5.69 Å². The summed E-state index contributed by atoms with van der Waals surface area (Å²) >= 11 is 0. The number of carbonyl (C=O) groups excluding carboxylic acids is 1. The van der Waals surface area contributed by atoms with E-state index in [1.54, 1.807) is 0 Å². The summed E-state index contributed by atoms with van der Waals surface area (Å²) in [5, 5.41) is 3.32. The van der Waals surface area contributed by atoms with Gasteiger partial charge in [0.15, 0.2) is 0 Å². The van der Waals surface area contributed by atoms with Crippen molar-refractivity contribution in [3.05, 3.63) is 54.6 Å². The van der Waals surface area contributed by atoms with Gasteiger partial charge >= 0.3 is 5.97 Å². The van der Waals surface area contributed by atoms with Gasteiger partial charge in [0.2, 0.25) is 0 Å². The second-order valence-corrected chi connectivity index (χ2v) is 7.33. The van der Waals surface area contributed by atoms with Gasteiger partial charge in [0, 0.05) is 30.9 Å². The molecule has 4 nitrogen and oxygen atoms in total. The number of ether oxygens (including phenoxy) is 1. The number of carbonyl (C=O) groups is 1. The monoisotopic (exact) mass is 338 g/mol. The molecule has 1 aliphatic heterocycles. The standard InChI is InChI=1S/C21H26N2O2/c1-21(2,3)25-20(24)19-15-22-13-14-23(19)18-12-8-7-11-17(18)16-9-5-4-6-10-16/h4-12,19,22H,13-15H2,1-3H3. The van der Waals surface area contributed by atoms with Crippen molar-refractivity contribution in [3.8, 4) is 11.1 Å². The Balaban J connectivity index is 1.95. The summed E-state index contributed by atoms with van der Waals surface area (Å²) in [7, 11) is 0. The third-order valence-corrected chi connectivity index (χ3v) is 4.22. The van der Waals surface area contributed by atoms with Crippen LogP contribution in [0.3, 0.4) is 0 Å². The summed E-state index contributed by atoms with van der Waals surface area (Å²) in [4.78, 5) is 14.9. The Kier molecular flexibility index (Phi) is 5.09. The Bertz CT molecular complexity index is 722. The average molecular weight is 338 g/mol. The van der Waals surface area contributed by atoms with E-state index in [0.717, 1.165) is 29.9 Å². The van der Waals surface area contributed by atoms with Crippen LogP contribution in [0.15, 0.2) is 54.6 Å². The lowest BCUT2D eigenvalue weighted by Gasteiger charge is -2.38. The molecule has 1 unspecified atom stereocenters. The van der Waals surface area contributed by atoms with Crippen molar-refractivity contribution in [1.82, 2.24) is 5.32 Å². The number of rotatable bonds is 3. The highest BCUT2D eigenvalue weighted by Gasteiger charge is 2.33. The molecule has 3 rings (SSSR count). The molecule has 2 aromatic rings. The predicted octanol–water partition coefficient (Wildman–Crippen LogP) is 3.47. The van der Waals surface area contributed by atoms with Crippen molar-refractivity contribution in [1.29, 1.82) is 0 Å². The summed E-state index contributed by atoms with van der Waals surface area (Å²) in [5.41, 5.74) is 2.88. The summed E-state index contributed by atoms with van der Waals surface area (Å²) < 4.78 is 5.65. The molecule has 1 heterocycles. The van der Waals surface area contributed by atoms with Gasteiger partial charge < -0.3 is 15.0 Å². The molecule has 0 amide bonds. The molecule has 1 aliphatic rings. The molecule has 1 fully saturated rings. The SMILES string of the molecule is CC(C)(C)OC(=O)C1CNCCN1c1ccccc1-c1ccccc1. The summed E-state index contributed by atoms with van der Waals surface area (Å²) in [6, 6.07) is 18.2. The molecule has 132 valence electrons. The molecule has 0 spiro atoms. The van der Waals surface area contributed by atoms with E-state index in [-0.39, 0.29) is 12.0 Å². The van der Waals surface area contributed by atoms with E-state index in [2.05, 4.69) is 34.5 Å². The van der Waals surface area contributed by atoms with Crippen LogP contribution >= 0.6 is 0 Å². The Hall–Kier alpha value is -2.33. The first-order chi connectivity index (χ1) is 12.0. The van der Waals surface area contributed by atoms with E-state index in [1.165, 1.54) is 0 Å². The zero-order chi connectivity index (χ0) is 17.9. The number of para-hydroxylation sites is 1. The Morgan fingerprint density at radius 2 is 1.76 bits per heavy atom. The van der Waals surface area contributed by atoms with Gasteiger partial charge in [0.1, 0.15) is 11.6 Å². The van der Waals surface area contributed by atoms with Crippen LogP contribution in [0.25, 0.3) is 11.1 Å². The second-order valence-electron chi connectivity index (χ2n) is 7.33. The maximum Gasteiger partial charge on any atom is 0.330 e. The highest BCUT2D eigenvalue weighted by Crippen LogP contribution is 2.32. The number of hydrogen-bond donors (Lipinski definition) is 1. The largest absolute Gasteiger partial charge is 0.458 e. The highest BCUT2D eigenvalue weighted by atomic mass is 16.6. The topological polar surface area (TPSA) is 41.6 Å². The second kappa shape index (κ2) is 7.28. The van der Waals surface area contributed by atoms with Gasteiger partial charge in [0.25, 0.3) is 0 Å². The first-order valence-corrected chi connectivity index (χ1v) is 8.80. The number of anilines is 1. The molecule has 4 heteroatoms. The first-order valence-electron chi connectivity index (χ1n) is 8.80. The molecule has 0 radical (unpaired) electrons. The van der Waals surface area contributed by atoms with Gasteiger partial charge in [-0.1, -0.05) is 48.5 Å². The fraction of sp³-hybridized carbons (Fsp3) is 0.381. The van der Waals surface area contributed by atoms with Crippen molar-refractivity contribution in [2.24, 2.45) is 0 Å². The first kappa shape index (κ1) is 17.5. The zero-order valence-electron chi connectivity index (χ0n) is 15.2. The minimum absolute atomic E-state index is 0.178. The number of piperazine rings is 1. The van der Waals surface area contributed by atoms with Crippen LogP contribution in [-0.2, 0) is 9.53 Å². The minimum atomic E-state index is -0.487. The average Bonchev–Trinajstić information content (AvgIpc) is 2.61. The highest BCUT2D eigenvalue weighted by molar-refractivity contribution is 5.86. The van der Waals surface area contributed by atoms with E-state index >= 15 is 0 Å². The third kappa shape index (κ3) is 4.20. The van der Waals surface area contributed by atoms with Crippen LogP contribution in [0.2, 0.25) is 0 Å². The lowest BCUT2D eigenvalue weighted by molar-refractivity contribution is -0.156. The lowest BCUT2D eigenvalue weighted by Crippen LogP contribution is -2.56. The van der Waals surface area contributed by atoms with Gasteiger partial charge in [-0.2, -0.15) is 0 Å². The van der Waals surface area contributed by atoms with Crippen LogP contribution in [0.1, 0.15) is 20.8 Å². The molecule has 2 aromatic carbocycles. The molecule has 1 N–H and O–H groups in total. The smallest absolute Gasteiger partial charge is 0.330 e. The van der Waals surface area contributed by atoms with E-state index in [1.807, 2.05) is 51.1 Å². The maximum atomic E-state index is 12.7. The molecule has 0 bridgehead atoms. The molecular weight excluding hydrogens is 312 g/mol. The van der Waals surface area contributed by atoms with Crippen molar-refractivity contribution >= 4 is 11.7 Å². The van der Waals surface area contributed by atoms with Gasteiger partial charge in [-0.05, 0) is 32.4 Å². The molecule has 0 aliphatic carbocycles. The molecule has 1 saturated heterocycles. The van der Waals surface area contributed by atoms with Crippen LogP contribution < -0.4 is 10.2 Å². The fourth-order valence-electron chi connectivity index (χ4n) is 3.16. The molecule has 25 heavy (non-hydrogen) atoms. The molecule has 0 aromatic heterocycles. The van der Waals surface area contributed by atoms with Crippen molar-refractivity contribution < 1.29 is 9.53 Å². The number of nitrogens with one attached hydrogen (secondary N) is 1. The zero-order valence-corrected chi connectivity index (χ0v) is 15.2. The van der Waals surface area contributed by atoms with E-state index in [4.69, 9.17) is 4.74 Å². The Morgan fingerprint density at radius 3 is 2.48 bits per heavy atom. The number of esters is 1. The number of benzene rings is 2. The number of hydrogen-bond acceptors (Lipinski definition) is 4. The van der Waals surface area contributed by atoms with Gasteiger partial charge in [-0.25, -0.2) is 4.79 Å². The van der Waals surface area contributed by atoms with Crippen molar-refractivity contribution in [3.63, 3.8) is 0 Å². The molecule has 0 saturated carbocycles. The van der Waals surface area contributed by atoms with Gasteiger partial charge in [0.05, 0.1) is 0 Å². The molecular formula is C21H26N2O2. The van der Waals surface area contributed by atoms with Crippen LogP contribution in [0, 0.1) is 0 Å². The summed E-state index contributed by atoms with van der Waals surface area (Å²) in [5.74, 6) is -0.178. The van der Waals surface area contributed by atoms with Crippen LogP contribution in [0.5, 0.6) is 0 Å². The predicted molar refractivity (Wildman–Crippen MR) is 102 cm³/mol. The van der Waals surface area contributed by atoms with E-state index in [9.17, 15) is 4.79 Å². The molecule has 1 atom stereocenters. The third-order valence-electron chi connectivity index (χ3n) is 4.22. The quantitative estimate of drug-likeness (QED) is 0.870. The van der Waals surface area contributed by atoms with E-state index < -0.39 is 5.60 Å². The summed E-state index contributed by atoms with van der Waals surface area (Å²) in [6.07, 6.45) is 0. The van der Waals surface area contributed by atoms with Crippen molar-refractivity contribution in [2.45, 2.75) is 32.4 Å². The Labute approximate surface area is 149 Å². The van der Waals surface area contributed by atoms with Gasteiger partial charge in [-0.3, -0.25) is 0 Å². The Morgan fingerprint density at radius 1 is 1.08 bits per heavy atom. The van der Waals surface area contributed by atoms with Crippen molar-refractivity contribution in [2.75, 3.05) is 24.5 Å². The lowest BCUT2D eigenvalue weighted by atomic mass is 10.0. The van der Waals surface area contributed by atoms with Gasteiger partial charge in [-0.15, -0.1) is 0 Å². The fourth-order valence-corrected chi connectivity index (χ4v) is 3.16. The van der Waals surface area contributed by atoms with Crippen LogP contribution in [-0.4, -0.2) is 37.2 Å². The normalized spacial score (nSPS) is 18.0. The number of nitrogens with zero attached hydrogens (tertiary/aromatic N) is 1. The summed E-state index contributed by atoms with van der Waals surface area (Å²) in [6.45, 7) is 7.93.